The van der Waals surface area contributed by atoms with Gasteiger partial charge in [-0.1, -0.05) is 40.9 Å². The van der Waals surface area contributed by atoms with Gasteiger partial charge in [0.15, 0.2) is 6.29 Å². The number of alkyl halides is 7. The molecule has 0 amide bonds. The molecule has 0 heterocycles. The summed E-state index contributed by atoms with van der Waals surface area (Å²) < 4.78 is 92.0. The zero-order valence-corrected chi connectivity index (χ0v) is 17.4. The molecule has 0 radical (unpaired) electrons. The molecule has 0 saturated heterocycles. The van der Waals surface area contributed by atoms with Crippen molar-refractivity contribution in [3.63, 3.8) is 0 Å². The maximum Gasteiger partial charge on any atom is 0.435 e. The van der Waals surface area contributed by atoms with E-state index in [1.165, 1.54) is 18.2 Å². The van der Waals surface area contributed by atoms with Crippen molar-refractivity contribution in [2.75, 3.05) is 0 Å². The summed E-state index contributed by atoms with van der Waals surface area (Å²) in [6, 6.07) is 3.84. The van der Waals surface area contributed by atoms with Crippen LogP contribution in [0.5, 0.6) is 0 Å². The molecule has 0 spiro atoms. The maximum atomic E-state index is 14.2. The lowest BCUT2D eigenvalue weighted by atomic mass is 9.92. The minimum Gasteiger partial charge on any atom is -0.507 e. The molecule has 13 heteroatoms. The molecule has 0 aromatic heterocycles. The first-order valence-electron chi connectivity index (χ1n) is 8.11. The molecule has 0 unspecified atom stereocenters. The molecule has 2 rings (SSSR count). The minimum atomic E-state index is -6.38. The number of aldehydes is 1. The maximum absolute atomic E-state index is 14.2. The van der Waals surface area contributed by atoms with Crippen LogP contribution in [-0.2, 0) is 5.67 Å². The Bertz CT molecular complexity index is 1070. The molecule has 32 heavy (non-hydrogen) atoms. The molecule has 3 nitrogen and oxygen atoms in total. The van der Waals surface area contributed by atoms with E-state index in [9.17, 15) is 40.6 Å². The van der Waals surface area contributed by atoms with Crippen molar-refractivity contribution in [1.29, 1.82) is 5.41 Å². The number of nitrogens with one attached hydrogen (secondary N) is 1. The summed E-state index contributed by atoms with van der Waals surface area (Å²) in [5.41, 5.74) is -8.70. The normalized spacial score (nSPS) is 13.2. The van der Waals surface area contributed by atoms with Crippen LogP contribution in [0.4, 0.5) is 30.7 Å². The van der Waals surface area contributed by atoms with E-state index in [1.54, 1.807) is 0 Å². The molecule has 0 saturated carbocycles. The van der Waals surface area contributed by atoms with Crippen molar-refractivity contribution in [2.24, 2.45) is 0 Å². The molecule has 172 valence electrons. The van der Waals surface area contributed by atoms with Crippen molar-refractivity contribution < 1.29 is 40.6 Å². The summed E-state index contributed by atoms with van der Waals surface area (Å²) in [4.78, 5) is 10.9. The number of carbonyl (C=O) groups excluding carboxylic acids is 1. The Morgan fingerprint density at radius 3 is 1.81 bits per heavy atom. The van der Waals surface area contributed by atoms with Gasteiger partial charge in [0.25, 0.3) is 0 Å². The first-order valence-corrected chi connectivity index (χ1v) is 9.24. The van der Waals surface area contributed by atoms with E-state index >= 15 is 0 Å². The molecule has 2 N–H and O–H groups in total. The lowest BCUT2D eigenvalue weighted by Crippen LogP contribution is -2.50. The van der Waals surface area contributed by atoms with Gasteiger partial charge in [0, 0.05) is 22.8 Å². The quantitative estimate of drug-likeness (QED) is 0.183. The average molecular weight is 523 g/mol. The topological polar surface area (TPSA) is 61.1 Å². The predicted molar refractivity (Wildman–Crippen MR) is 106 cm³/mol. The zero-order valence-electron chi connectivity index (χ0n) is 15.2. The Morgan fingerprint density at radius 1 is 0.875 bits per heavy atom. The molecule has 2 aromatic carbocycles. The van der Waals surface area contributed by atoms with E-state index < -0.39 is 50.7 Å². The van der Waals surface area contributed by atoms with Gasteiger partial charge in [-0.05, 0) is 24.3 Å². The number of hydrogen-bond acceptors (Lipinski definition) is 3. The number of aliphatic hydroxyl groups is 1. The van der Waals surface area contributed by atoms with Gasteiger partial charge in [-0.2, -0.15) is 26.3 Å². The first-order chi connectivity index (χ1) is 14.5. The van der Waals surface area contributed by atoms with Crippen LogP contribution in [0.1, 0.15) is 27.0 Å². The Hall–Kier alpha value is -2.30. The van der Waals surface area contributed by atoms with Crippen molar-refractivity contribution in [3.05, 3.63) is 73.7 Å². The van der Waals surface area contributed by atoms with Gasteiger partial charge in [0.1, 0.15) is 5.76 Å². The Morgan fingerprint density at radius 2 is 1.38 bits per heavy atom. The fourth-order valence-electron chi connectivity index (χ4n) is 2.60. The second-order valence-corrected chi connectivity index (χ2v) is 7.49. The van der Waals surface area contributed by atoms with Crippen molar-refractivity contribution in [1.82, 2.24) is 0 Å². The minimum absolute atomic E-state index is 0.0146. The molecule has 0 fully saturated rings. The van der Waals surface area contributed by atoms with Crippen molar-refractivity contribution in [2.45, 2.75) is 18.0 Å². The summed E-state index contributed by atoms with van der Waals surface area (Å²) >= 11 is 17.2. The first kappa shape index (κ1) is 26.0. The average Bonchev–Trinajstić information content (AvgIpc) is 2.65. The Balaban J connectivity index is 2.56. The molecule has 0 bridgehead atoms. The smallest absolute Gasteiger partial charge is 0.435 e. The Kier molecular flexibility index (Phi) is 7.23. The van der Waals surface area contributed by atoms with Crippen LogP contribution in [0, 0.1) is 5.41 Å². The van der Waals surface area contributed by atoms with Gasteiger partial charge in [-0.25, -0.2) is 4.39 Å². The van der Waals surface area contributed by atoms with E-state index in [1.807, 2.05) is 0 Å². The molecule has 0 aliphatic rings. The van der Waals surface area contributed by atoms with Crippen LogP contribution in [0.2, 0.25) is 15.1 Å². The second kappa shape index (κ2) is 8.92. The molecule has 2 aromatic rings. The van der Waals surface area contributed by atoms with Gasteiger partial charge >= 0.3 is 18.0 Å². The van der Waals surface area contributed by atoms with Gasteiger partial charge in [-0.15, -0.1) is 0 Å². The third-order valence-electron chi connectivity index (χ3n) is 4.19. The SMILES string of the molecule is N=C(/C=C(\O)c1c(Cl)cc(C(F)(C(F)(F)F)C(F)(F)F)cc1Cl)c1ccc(Cl)c(C=O)c1. The van der Waals surface area contributed by atoms with Gasteiger partial charge in [0.05, 0.1) is 26.3 Å². The van der Waals surface area contributed by atoms with E-state index in [2.05, 4.69) is 0 Å². The molecule has 0 aliphatic heterocycles. The van der Waals surface area contributed by atoms with Crippen LogP contribution in [-0.4, -0.2) is 29.5 Å². The van der Waals surface area contributed by atoms with Crippen molar-refractivity contribution in [3.8, 4) is 0 Å². The largest absolute Gasteiger partial charge is 0.507 e. The molecular formula is C19H9Cl3F7NO2. The van der Waals surface area contributed by atoms with Gasteiger partial charge in [-0.3, -0.25) is 4.79 Å². The standard InChI is InChI=1S/C19H9Cl3F7NO2/c20-11-2-1-8(3-9(11)7-31)14(30)6-15(32)16-12(21)4-10(5-13(16)22)17(23,18(24,25)26)19(27,28)29/h1-7,30,32H/b15-6-,30-14?. The summed E-state index contributed by atoms with van der Waals surface area (Å²) in [6.07, 6.45) is -11.6. The monoisotopic (exact) mass is 521 g/mol. The number of benzene rings is 2. The highest BCUT2D eigenvalue weighted by molar-refractivity contribution is 6.38. The third-order valence-corrected chi connectivity index (χ3v) is 5.13. The summed E-state index contributed by atoms with van der Waals surface area (Å²) in [6.45, 7) is 0. The van der Waals surface area contributed by atoms with E-state index in [-0.39, 0.29) is 28.3 Å². The molecular weight excluding hydrogens is 514 g/mol. The van der Waals surface area contributed by atoms with Crippen molar-refractivity contribution >= 4 is 52.6 Å². The number of halogens is 10. The number of hydrogen-bond donors (Lipinski definition) is 2. The number of rotatable bonds is 5. The second-order valence-electron chi connectivity index (χ2n) is 6.27. The lowest BCUT2D eigenvalue weighted by Gasteiger charge is -2.30. The highest BCUT2D eigenvalue weighted by atomic mass is 35.5. The fourth-order valence-corrected chi connectivity index (χ4v) is 3.44. The number of carbonyl (C=O) groups is 1. The summed E-state index contributed by atoms with van der Waals surface area (Å²) in [5, 5.41) is 16.4. The predicted octanol–water partition coefficient (Wildman–Crippen LogP) is 7.72. The number of aliphatic hydroxyl groups excluding tert-OH is 1. The molecule has 0 aliphatic carbocycles. The van der Waals surface area contributed by atoms with E-state index in [4.69, 9.17) is 40.2 Å². The van der Waals surface area contributed by atoms with Crippen LogP contribution in [0.25, 0.3) is 5.76 Å². The zero-order chi connectivity index (χ0) is 24.6. The van der Waals surface area contributed by atoms with E-state index in [0.717, 1.165) is 6.08 Å². The van der Waals surface area contributed by atoms with Crippen LogP contribution < -0.4 is 0 Å². The van der Waals surface area contributed by atoms with Crippen LogP contribution >= 0.6 is 34.8 Å². The highest BCUT2D eigenvalue weighted by Gasteiger charge is 2.73. The highest BCUT2D eigenvalue weighted by Crippen LogP contribution is 2.54. The van der Waals surface area contributed by atoms with Crippen LogP contribution in [0.15, 0.2) is 36.4 Å². The van der Waals surface area contributed by atoms with E-state index in [0.29, 0.717) is 6.29 Å². The number of allylic oxidation sites excluding steroid dienone is 1. The Labute approximate surface area is 190 Å². The van der Waals surface area contributed by atoms with Gasteiger partial charge in [0.2, 0.25) is 0 Å². The van der Waals surface area contributed by atoms with Crippen LogP contribution in [0.3, 0.4) is 0 Å². The third kappa shape index (κ3) is 4.72. The lowest BCUT2D eigenvalue weighted by molar-refractivity contribution is -0.348. The summed E-state index contributed by atoms with van der Waals surface area (Å²) in [7, 11) is 0. The molecule has 0 atom stereocenters. The fraction of sp³-hybridized carbons (Fsp3) is 0.158. The van der Waals surface area contributed by atoms with Gasteiger partial charge < -0.3 is 10.5 Å². The summed E-state index contributed by atoms with van der Waals surface area (Å²) in [5.74, 6) is -0.914.